The number of rotatable bonds is 4. The Bertz CT molecular complexity index is 553. The normalized spacial score (nSPS) is 22.1. The molecule has 0 bridgehead atoms. The first kappa shape index (κ1) is 14.6. The number of nitrogens with two attached hydrogens (primary N) is 1. The van der Waals surface area contributed by atoms with Crippen molar-refractivity contribution in [1.29, 1.82) is 0 Å². The van der Waals surface area contributed by atoms with Gasteiger partial charge in [-0.3, -0.25) is 9.59 Å². The van der Waals surface area contributed by atoms with Gasteiger partial charge in [-0.2, -0.15) is 0 Å². The molecule has 0 heterocycles. The van der Waals surface area contributed by atoms with E-state index in [0.717, 1.165) is 17.5 Å². The van der Waals surface area contributed by atoms with Crippen molar-refractivity contribution in [3.8, 4) is 0 Å². The van der Waals surface area contributed by atoms with Gasteiger partial charge in [0.25, 0.3) is 0 Å². The van der Waals surface area contributed by atoms with E-state index in [4.69, 9.17) is 5.73 Å². The van der Waals surface area contributed by atoms with Crippen LogP contribution in [-0.2, 0) is 22.4 Å². The van der Waals surface area contributed by atoms with E-state index in [-0.39, 0.29) is 17.6 Å². The second-order valence-corrected chi connectivity index (χ2v) is 5.82. The van der Waals surface area contributed by atoms with Gasteiger partial charge in [0.1, 0.15) is 5.54 Å². The number of hydrogen-bond acceptors (Lipinski definition) is 3. The summed E-state index contributed by atoms with van der Waals surface area (Å²) in [4.78, 5) is 24.3. The summed E-state index contributed by atoms with van der Waals surface area (Å²) in [6, 6.07) is 5.71. The van der Waals surface area contributed by atoms with Gasteiger partial charge in [0.05, 0.1) is 0 Å². The van der Waals surface area contributed by atoms with Crippen molar-refractivity contribution in [1.82, 2.24) is 5.32 Å². The smallest absolute Gasteiger partial charge is 0.217 e. The highest BCUT2D eigenvalue weighted by Crippen LogP contribution is 2.34. The van der Waals surface area contributed by atoms with E-state index in [1.54, 1.807) is 0 Å². The van der Waals surface area contributed by atoms with Crippen molar-refractivity contribution in [3.05, 3.63) is 29.3 Å². The fourth-order valence-corrected chi connectivity index (χ4v) is 3.01. The maximum absolute atomic E-state index is 12.7. The molecule has 108 valence electrons. The predicted octanol–water partition coefficient (Wildman–Crippen LogP) is 1.86. The van der Waals surface area contributed by atoms with Gasteiger partial charge in [0.15, 0.2) is 5.78 Å². The molecule has 0 aliphatic heterocycles. The third-order valence-corrected chi connectivity index (χ3v) is 4.16. The Morgan fingerprint density at radius 2 is 2.00 bits per heavy atom. The number of benzene rings is 1. The number of fused-ring (bicyclic) bond motifs is 1. The second kappa shape index (κ2) is 5.27. The summed E-state index contributed by atoms with van der Waals surface area (Å²) in [5, 5.41) is 2.91. The van der Waals surface area contributed by atoms with Gasteiger partial charge in [0.2, 0.25) is 5.91 Å². The van der Waals surface area contributed by atoms with Crippen molar-refractivity contribution in [3.63, 3.8) is 0 Å². The Balaban J connectivity index is 2.37. The molecule has 1 aliphatic carbocycles. The average molecular weight is 274 g/mol. The van der Waals surface area contributed by atoms with Gasteiger partial charge >= 0.3 is 0 Å². The van der Waals surface area contributed by atoms with E-state index < -0.39 is 5.54 Å². The van der Waals surface area contributed by atoms with Crippen LogP contribution in [0.25, 0.3) is 0 Å². The highest BCUT2D eigenvalue weighted by Gasteiger charge is 2.45. The van der Waals surface area contributed by atoms with Crippen LogP contribution in [0.3, 0.4) is 0 Å². The van der Waals surface area contributed by atoms with Crippen LogP contribution in [0.1, 0.15) is 38.3 Å². The van der Waals surface area contributed by atoms with E-state index in [2.05, 4.69) is 5.32 Å². The van der Waals surface area contributed by atoms with E-state index >= 15 is 0 Å². The van der Waals surface area contributed by atoms with Crippen LogP contribution in [0.15, 0.2) is 18.2 Å². The number of ketones is 1. The Morgan fingerprint density at radius 1 is 1.35 bits per heavy atom. The van der Waals surface area contributed by atoms with Crippen molar-refractivity contribution < 1.29 is 9.59 Å². The highest BCUT2D eigenvalue weighted by atomic mass is 16.2. The van der Waals surface area contributed by atoms with Gasteiger partial charge in [0, 0.05) is 31.4 Å². The van der Waals surface area contributed by atoms with Crippen LogP contribution < -0.4 is 11.1 Å². The standard InChI is InChI=1S/C16H22N2O2/c1-4-10(2)15(20)16(18-11(3)19)8-12-5-6-14(17)7-13(12)9-16/h5-7,10H,4,8-9,17H2,1-3H3,(H,18,19). The lowest BCUT2D eigenvalue weighted by Gasteiger charge is -2.30. The molecule has 1 amide bonds. The van der Waals surface area contributed by atoms with E-state index in [1.807, 2.05) is 32.0 Å². The van der Waals surface area contributed by atoms with Crippen molar-refractivity contribution in [2.24, 2.45) is 5.92 Å². The number of anilines is 1. The topological polar surface area (TPSA) is 72.2 Å². The number of Topliss-reactive ketones (excluding diaryl/α,β-unsaturated/α-hetero) is 1. The number of nitrogen functional groups attached to an aromatic ring is 1. The zero-order valence-electron chi connectivity index (χ0n) is 12.3. The monoisotopic (exact) mass is 274 g/mol. The van der Waals surface area contributed by atoms with Crippen LogP contribution in [0.4, 0.5) is 5.69 Å². The minimum absolute atomic E-state index is 0.0616. The number of nitrogens with one attached hydrogen (secondary N) is 1. The molecule has 0 spiro atoms. The van der Waals surface area contributed by atoms with Crippen LogP contribution in [-0.4, -0.2) is 17.2 Å². The molecule has 3 N–H and O–H groups in total. The average Bonchev–Trinajstić information content (AvgIpc) is 2.74. The molecule has 1 aromatic carbocycles. The molecule has 0 fully saturated rings. The highest BCUT2D eigenvalue weighted by molar-refractivity contribution is 5.95. The van der Waals surface area contributed by atoms with Crippen molar-refractivity contribution in [2.45, 2.75) is 45.6 Å². The largest absolute Gasteiger partial charge is 0.399 e. The van der Waals surface area contributed by atoms with E-state index in [1.165, 1.54) is 6.92 Å². The zero-order valence-corrected chi connectivity index (χ0v) is 12.3. The van der Waals surface area contributed by atoms with Crippen LogP contribution in [0.2, 0.25) is 0 Å². The minimum Gasteiger partial charge on any atom is -0.399 e. The van der Waals surface area contributed by atoms with Gasteiger partial charge in [-0.05, 0) is 29.7 Å². The summed E-state index contributed by atoms with van der Waals surface area (Å²) in [5.41, 5.74) is 7.88. The molecule has 2 unspecified atom stereocenters. The first-order valence-corrected chi connectivity index (χ1v) is 7.08. The summed E-state index contributed by atoms with van der Waals surface area (Å²) in [7, 11) is 0. The van der Waals surface area contributed by atoms with Gasteiger partial charge in [-0.15, -0.1) is 0 Å². The predicted molar refractivity (Wildman–Crippen MR) is 79.3 cm³/mol. The molecule has 0 aromatic heterocycles. The molecular formula is C16H22N2O2. The Kier molecular flexibility index (Phi) is 3.84. The fourth-order valence-electron chi connectivity index (χ4n) is 3.01. The lowest BCUT2D eigenvalue weighted by atomic mass is 9.82. The lowest BCUT2D eigenvalue weighted by molar-refractivity contribution is -0.133. The fraction of sp³-hybridized carbons (Fsp3) is 0.500. The van der Waals surface area contributed by atoms with E-state index in [0.29, 0.717) is 18.5 Å². The van der Waals surface area contributed by atoms with Crippen LogP contribution in [0.5, 0.6) is 0 Å². The second-order valence-electron chi connectivity index (χ2n) is 5.82. The summed E-state index contributed by atoms with van der Waals surface area (Å²) in [6.07, 6.45) is 1.88. The third-order valence-electron chi connectivity index (χ3n) is 4.16. The summed E-state index contributed by atoms with van der Waals surface area (Å²) in [5.74, 6) is -0.110. The molecule has 0 radical (unpaired) electrons. The number of carbonyl (C=O) groups is 2. The number of carbonyl (C=O) groups excluding carboxylic acids is 2. The van der Waals surface area contributed by atoms with Gasteiger partial charge in [-0.1, -0.05) is 19.9 Å². The summed E-state index contributed by atoms with van der Waals surface area (Å²) in [6.45, 7) is 5.37. The molecule has 2 atom stereocenters. The minimum atomic E-state index is -0.794. The van der Waals surface area contributed by atoms with E-state index in [9.17, 15) is 9.59 Å². The number of amides is 1. The molecule has 0 saturated heterocycles. The molecule has 4 nitrogen and oxygen atoms in total. The Hall–Kier alpha value is -1.84. The van der Waals surface area contributed by atoms with Gasteiger partial charge in [-0.25, -0.2) is 0 Å². The maximum Gasteiger partial charge on any atom is 0.217 e. The first-order valence-electron chi connectivity index (χ1n) is 7.08. The molecule has 2 rings (SSSR count). The number of hydrogen-bond donors (Lipinski definition) is 2. The summed E-state index contributed by atoms with van der Waals surface area (Å²) < 4.78 is 0. The Labute approximate surface area is 119 Å². The zero-order chi connectivity index (χ0) is 14.9. The van der Waals surface area contributed by atoms with Crippen LogP contribution in [0, 0.1) is 5.92 Å². The molecule has 0 saturated carbocycles. The first-order chi connectivity index (χ1) is 9.38. The summed E-state index contributed by atoms with van der Waals surface area (Å²) >= 11 is 0. The Morgan fingerprint density at radius 3 is 2.60 bits per heavy atom. The molecule has 1 aromatic rings. The van der Waals surface area contributed by atoms with Crippen molar-refractivity contribution in [2.75, 3.05) is 5.73 Å². The third kappa shape index (κ3) is 2.55. The lowest BCUT2D eigenvalue weighted by Crippen LogP contribution is -2.56. The SMILES string of the molecule is CCC(C)C(=O)C1(NC(C)=O)Cc2ccc(N)cc2C1. The van der Waals surface area contributed by atoms with Gasteiger partial charge < -0.3 is 11.1 Å². The molecular weight excluding hydrogens is 252 g/mol. The van der Waals surface area contributed by atoms with Crippen molar-refractivity contribution >= 4 is 17.4 Å². The quantitative estimate of drug-likeness (QED) is 0.823. The molecule has 20 heavy (non-hydrogen) atoms. The molecule has 1 aliphatic rings. The van der Waals surface area contributed by atoms with Crippen LogP contribution >= 0.6 is 0 Å². The molecule has 4 heteroatoms. The maximum atomic E-state index is 12.7.